The van der Waals surface area contributed by atoms with Crippen LogP contribution in [0.2, 0.25) is 0 Å². The maximum Gasteiger partial charge on any atom is 0.295 e. The number of carbonyl (C=O) groups is 1. The lowest BCUT2D eigenvalue weighted by Gasteiger charge is -2.14. The van der Waals surface area contributed by atoms with E-state index in [0.717, 1.165) is 21.5 Å². The Hall–Kier alpha value is -3.74. The number of rotatable bonds is 3. The van der Waals surface area contributed by atoms with Crippen molar-refractivity contribution in [1.82, 2.24) is 0 Å². The van der Waals surface area contributed by atoms with Crippen LogP contribution >= 0.6 is 0 Å². The molecule has 0 bridgehead atoms. The molecule has 0 spiro atoms. The molecule has 0 heterocycles. The summed E-state index contributed by atoms with van der Waals surface area (Å²) in [6.07, 6.45) is 0. The number of anilines is 1. The smallest absolute Gasteiger partial charge is 0.295 e. The van der Waals surface area contributed by atoms with E-state index >= 15 is 0 Å². The number of fused-ring (bicyclic) bond motifs is 3. The molecule has 5 rings (SSSR count). The van der Waals surface area contributed by atoms with Gasteiger partial charge in [-0.3, -0.25) is 9.35 Å². The third-order valence-corrected chi connectivity index (χ3v) is 6.32. The Balaban J connectivity index is 1.70. The molecule has 0 aliphatic carbocycles. The Morgan fingerprint density at radius 2 is 1.19 bits per heavy atom. The molecule has 0 radical (unpaired) electrons. The molecule has 31 heavy (non-hydrogen) atoms. The lowest BCUT2D eigenvalue weighted by Crippen LogP contribution is -2.14. The van der Waals surface area contributed by atoms with Crippen LogP contribution in [0.5, 0.6) is 0 Å². The van der Waals surface area contributed by atoms with Crippen molar-refractivity contribution in [2.24, 2.45) is 0 Å². The zero-order valence-corrected chi connectivity index (χ0v) is 17.1. The first-order chi connectivity index (χ1) is 14.9. The summed E-state index contributed by atoms with van der Waals surface area (Å²) in [4.78, 5) is 13.3. The van der Waals surface area contributed by atoms with E-state index in [9.17, 15) is 17.8 Å². The molecule has 0 saturated carbocycles. The summed E-state index contributed by atoms with van der Waals surface area (Å²) >= 11 is 0. The normalized spacial score (nSPS) is 11.8. The molecule has 0 aliphatic rings. The van der Waals surface area contributed by atoms with Gasteiger partial charge in [0.1, 0.15) is 4.90 Å². The Labute approximate surface area is 178 Å². The first-order valence-corrected chi connectivity index (χ1v) is 11.1. The highest BCUT2D eigenvalue weighted by atomic mass is 32.2. The van der Waals surface area contributed by atoms with Crippen molar-refractivity contribution in [2.45, 2.75) is 4.90 Å². The molecule has 0 unspecified atom stereocenters. The number of hydrogen-bond donors (Lipinski definition) is 2. The van der Waals surface area contributed by atoms with Gasteiger partial charge in [0.25, 0.3) is 16.0 Å². The van der Waals surface area contributed by atoms with Crippen molar-refractivity contribution < 1.29 is 17.8 Å². The quantitative estimate of drug-likeness (QED) is 0.288. The Morgan fingerprint density at radius 3 is 1.77 bits per heavy atom. The lowest BCUT2D eigenvalue weighted by atomic mass is 9.96. The molecule has 0 fully saturated rings. The fourth-order valence-electron chi connectivity index (χ4n) is 4.05. The van der Waals surface area contributed by atoms with Gasteiger partial charge in [-0.15, -0.1) is 0 Å². The molecule has 2 N–H and O–H groups in total. The van der Waals surface area contributed by atoms with Crippen molar-refractivity contribution in [2.75, 3.05) is 5.32 Å². The summed E-state index contributed by atoms with van der Waals surface area (Å²) in [5.41, 5.74) is 1.02. The summed E-state index contributed by atoms with van der Waals surface area (Å²) < 4.78 is 33.1. The van der Waals surface area contributed by atoms with Crippen LogP contribution in [0.1, 0.15) is 10.4 Å². The summed E-state index contributed by atoms with van der Waals surface area (Å²) in [5, 5.41) is 7.39. The number of amides is 1. The predicted molar refractivity (Wildman–Crippen MR) is 123 cm³/mol. The van der Waals surface area contributed by atoms with Crippen LogP contribution in [0.15, 0.2) is 95.9 Å². The van der Waals surface area contributed by atoms with Crippen LogP contribution in [0, 0.1) is 0 Å². The third-order valence-electron chi connectivity index (χ3n) is 5.41. The fraction of sp³-hybridized carbons (Fsp3) is 0. The van der Waals surface area contributed by atoms with E-state index in [4.69, 9.17) is 0 Å². The van der Waals surface area contributed by atoms with Crippen molar-refractivity contribution in [1.29, 1.82) is 0 Å². The number of nitrogens with one attached hydrogen (secondary N) is 1. The molecule has 5 nitrogen and oxygen atoms in total. The van der Waals surface area contributed by atoms with E-state index in [1.165, 1.54) is 12.1 Å². The molecular weight excluding hydrogens is 410 g/mol. The standard InChI is InChI=1S/C25H17NO4S/c27-25(24-18-9-3-1-7-16(18)15-17-8-2-4-10-19(17)24)26-22-13-14-23(31(28,29)30)21-12-6-5-11-20(21)22/h1-15H,(H,26,27)(H,28,29,30). The molecule has 0 atom stereocenters. The van der Waals surface area contributed by atoms with Crippen LogP contribution in [-0.2, 0) is 10.1 Å². The summed E-state index contributed by atoms with van der Waals surface area (Å²) in [6, 6.07) is 27.0. The van der Waals surface area contributed by atoms with Crippen LogP contribution in [-0.4, -0.2) is 18.9 Å². The molecule has 0 aromatic heterocycles. The number of carbonyl (C=O) groups excluding carboxylic acids is 1. The third kappa shape index (κ3) is 3.32. The molecular formula is C25H17NO4S. The maximum absolute atomic E-state index is 13.5. The van der Waals surface area contributed by atoms with Crippen molar-refractivity contribution in [3.63, 3.8) is 0 Å². The summed E-state index contributed by atoms with van der Waals surface area (Å²) in [5.74, 6) is -0.294. The highest BCUT2D eigenvalue weighted by Gasteiger charge is 2.19. The van der Waals surface area contributed by atoms with Gasteiger partial charge in [0.2, 0.25) is 0 Å². The monoisotopic (exact) mass is 427 g/mol. The first kappa shape index (κ1) is 19.2. The molecule has 0 saturated heterocycles. The Morgan fingerprint density at radius 1 is 0.677 bits per heavy atom. The van der Waals surface area contributed by atoms with E-state index in [0.29, 0.717) is 22.0 Å². The van der Waals surface area contributed by atoms with Crippen molar-refractivity contribution >= 4 is 54.0 Å². The number of hydrogen-bond acceptors (Lipinski definition) is 3. The van der Waals surface area contributed by atoms with Gasteiger partial charge >= 0.3 is 0 Å². The van der Waals surface area contributed by atoms with Gasteiger partial charge in [0.05, 0.1) is 5.56 Å². The van der Waals surface area contributed by atoms with Crippen LogP contribution < -0.4 is 5.32 Å². The minimum absolute atomic E-state index is 0.197. The van der Waals surface area contributed by atoms with Gasteiger partial charge in [0, 0.05) is 16.5 Å². The molecule has 0 aliphatic heterocycles. The summed E-state index contributed by atoms with van der Waals surface area (Å²) in [7, 11) is -4.40. The van der Waals surface area contributed by atoms with Gasteiger partial charge in [-0.2, -0.15) is 8.42 Å². The van der Waals surface area contributed by atoms with E-state index in [1.54, 1.807) is 24.3 Å². The zero-order chi connectivity index (χ0) is 21.6. The maximum atomic E-state index is 13.5. The molecule has 152 valence electrons. The topological polar surface area (TPSA) is 83.5 Å². The van der Waals surface area contributed by atoms with Crippen molar-refractivity contribution in [3.8, 4) is 0 Å². The predicted octanol–water partition coefficient (Wildman–Crippen LogP) is 5.65. The Kier molecular flexibility index (Phi) is 4.46. The van der Waals surface area contributed by atoms with Crippen molar-refractivity contribution in [3.05, 3.63) is 96.6 Å². The van der Waals surface area contributed by atoms with Gasteiger partial charge < -0.3 is 5.32 Å². The Bertz CT molecular complexity index is 1550. The number of benzene rings is 5. The minimum Gasteiger partial charge on any atom is -0.321 e. The average Bonchev–Trinajstić information content (AvgIpc) is 2.76. The molecule has 6 heteroatoms. The second-order valence-electron chi connectivity index (χ2n) is 7.28. The van der Waals surface area contributed by atoms with E-state index < -0.39 is 10.1 Å². The van der Waals surface area contributed by atoms with Crippen LogP contribution in [0.25, 0.3) is 32.3 Å². The van der Waals surface area contributed by atoms with Crippen LogP contribution in [0.3, 0.4) is 0 Å². The second-order valence-corrected chi connectivity index (χ2v) is 8.67. The second kappa shape index (κ2) is 7.19. The minimum atomic E-state index is -4.40. The van der Waals surface area contributed by atoms with Crippen LogP contribution in [0.4, 0.5) is 5.69 Å². The van der Waals surface area contributed by atoms with E-state index in [2.05, 4.69) is 11.4 Å². The van der Waals surface area contributed by atoms with Gasteiger partial charge in [-0.05, 0) is 39.7 Å². The zero-order valence-electron chi connectivity index (χ0n) is 16.2. The highest BCUT2D eigenvalue weighted by Crippen LogP contribution is 2.32. The lowest BCUT2D eigenvalue weighted by molar-refractivity contribution is 0.103. The van der Waals surface area contributed by atoms with Gasteiger partial charge in [-0.1, -0.05) is 72.8 Å². The van der Waals surface area contributed by atoms with E-state index in [-0.39, 0.29) is 10.8 Å². The largest absolute Gasteiger partial charge is 0.321 e. The van der Waals surface area contributed by atoms with Gasteiger partial charge in [0.15, 0.2) is 0 Å². The molecule has 5 aromatic rings. The highest BCUT2D eigenvalue weighted by molar-refractivity contribution is 7.86. The molecule has 5 aromatic carbocycles. The SMILES string of the molecule is O=C(Nc1ccc(S(=O)(=O)O)c2ccccc12)c1c2ccccc2cc2ccccc12. The average molecular weight is 427 g/mol. The van der Waals surface area contributed by atoms with E-state index in [1.807, 2.05) is 48.5 Å². The fourth-order valence-corrected chi connectivity index (χ4v) is 4.74. The summed E-state index contributed by atoms with van der Waals surface area (Å²) in [6.45, 7) is 0. The van der Waals surface area contributed by atoms with Gasteiger partial charge in [-0.25, -0.2) is 0 Å². The first-order valence-electron chi connectivity index (χ1n) is 9.64. The molecule has 1 amide bonds.